The lowest BCUT2D eigenvalue weighted by molar-refractivity contribution is -0.118. The molecule has 1 heterocycles. The highest BCUT2D eigenvalue weighted by molar-refractivity contribution is 8.02. The van der Waals surface area contributed by atoms with E-state index in [4.69, 9.17) is 0 Å². The number of hydrogen-bond acceptors (Lipinski definition) is 6. The van der Waals surface area contributed by atoms with E-state index in [0.29, 0.717) is 27.1 Å². The van der Waals surface area contributed by atoms with Crippen molar-refractivity contribution in [3.8, 4) is 0 Å². The summed E-state index contributed by atoms with van der Waals surface area (Å²) in [6.45, 7) is 5.25. The first-order chi connectivity index (χ1) is 12.9. The van der Waals surface area contributed by atoms with Gasteiger partial charge in [-0.2, -0.15) is 0 Å². The van der Waals surface area contributed by atoms with E-state index in [2.05, 4.69) is 15.5 Å². The number of carbonyl (C=O) groups excluding carboxylic acids is 2. The van der Waals surface area contributed by atoms with Gasteiger partial charge in [-0.15, -0.1) is 10.2 Å². The van der Waals surface area contributed by atoms with Crippen LogP contribution in [0, 0.1) is 12.7 Å². The van der Waals surface area contributed by atoms with Crippen molar-refractivity contribution in [2.24, 2.45) is 0 Å². The Morgan fingerprint density at radius 2 is 2.15 bits per heavy atom. The van der Waals surface area contributed by atoms with Gasteiger partial charge in [-0.3, -0.25) is 14.5 Å². The lowest BCUT2D eigenvalue weighted by atomic mass is 10.2. The standard InChI is InChI=1S/C18H21FN4O2S2/c1-4-15(24)23(13-7-8-13)17-21-22-18(27-17)26-11(3)16(25)20-12-6-5-10(2)14(19)9-12/h5-6,9,11,13H,4,7-8H2,1-3H3,(H,20,25). The number of amides is 2. The SMILES string of the molecule is CCC(=O)N(c1nnc(SC(C)C(=O)Nc2ccc(C)c(F)c2)s1)C1CC1. The maximum atomic E-state index is 13.6. The highest BCUT2D eigenvalue weighted by Crippen LogP contribution is 2.37. The molecule has 2 aromatic rings. The summed E-state index contributed by atoms with van der Waals surface area (Å²) in [5, 5.41) is 11.1. The van der Waals surface area contributed by atoms with E-state index < -0.39 is 5.25 Å². The van der Waals surface area contributed by atoms with E-state index in [1.807, 2.05) is 6.92 Å². The van der Waals surface area contributed by atoms with Crippen LogP contribution in [0.5, 0.6) is 0 Å². The van der Waals surface area contributed by atoms with Crippen LogP contribution in [-0.4, -0.2) is 33.3 Å². The average Bonchev–Trinajstić information content (AvgIpc) is 3.37. The number of nitrogens with one attached hydrogen (secondary N) is 1. The topological polar surface area (TPSA) is 75.2 Å². The summed E-state index contributed by atoms with van der Waals surface area (Å²) >= 11 is 2.58. The third-order valence-corrected chi connectivity index (χ3v) is 6.28. The molecule has 0 spiro atoms. The molecule has 1 saturated carbocycles. The van der Waals surface area contributed by atoms with E-state index in [0.717, 1.165) is 12.8 Å². The second-order valence-electron chi connectivity index (χ2n) is 6.41. The van der Waals surface area contributed by atoms with Crippen molar-refractivity contribution in [1.82, 2.24) is 10.2 Å². The normalized spacial score (nSPS) is 14.7. The number of hydrogen-bond donors (Lipinski definition) is 1. The number of thioether (sulfide) groups is 1. The molecule has 27 heavy (non-hydrogen) atoms. The van der Waals surface area contributed by atoms with Gasteiger partial charge in [0.05, 0.1) is 5.25 Å². The Balaban J connectivity index is 1.62. The molecule has 0 aliphatic heterocycles. The molecule has 1 aliphatic carbocycles. The number of carbonyl (C=O) groups is 2. The van der Waals surface area contributed by atoms with Crippen LogP contribution in [0.4, 0.5) is 15.2 Å². The Hall–Kier alpha value is -2.00. The molecule has 1 unspecified atom stereocenters. The third-order valence-electron chi connectivity index (χ3n) is 4.17. The number of halogens is 1. The lowest BCUT2D eigenvalue weighted by Crippen LogP contribution is -2.32. The van der Waals surface area contributed by atoms with Gasteiger partial charge in [0.1, 0.15) is 5.82 Å². The minimum atomic E-state index is -0.439. The van der Waals surface area contributed by atoms with Crippen molar-refractivity contribution < 1.29 is 14.0 Å². The number of rotatable bonds is 7. The monoisotopic (exact) mass is 408 g/mol. The Morgan fingerprint density at radius 3 is 2.78 bits per heavy atom. The highest BCUT2D eigenvalue weighted by atomic mass is 32.2. The first kappa shape index (κ1) is 19.8. The summed E-state index contributed by atoms with van der Waals surface area (Å²) < 4.78 is 14.2. The molecule has 0 radical (unpaired) electrons. The van der Waals surface area contributed by atoms with E-state index in [-0.39, 0.29) is 23.7 Å². The lowest BCUT2D eigenvalue weighted by Gasteiger charge is -2.17. The van der Waals surface area contributed by atoms with Crippen LogP contribution in [0.15, 0.2) is 22.5 Å². The second-order valence-corrected chi connectivity index (χ2v) is 8.96. The first-order valence-corrected chi connectivity index (χ1v) is 10.5. The largest absolute Gasteiger partial charge is 0.325 e. The van der Waals surface area contributed by atoms with Crippen LogP contribution in [0.25, 0.3) is 0 Å². The van der Waals surface area contributed by atoms with Crippen LogP contribution >= 0.6 is 23.1 Å². The maximum absolute atomic E-state index is 13.6. The number of benzene rings is 1. The van der Waals surface area contributed by atoms with Crippen molar-refractivity contribution in [3.05, 3.63) is 29.6 Å². The molecule has 1 aromatic heterocycles. The van der Waals surface area contributed by atoms with Crippen LogP contribution in [0.3, 0.4) is 0 Å². The molecule has 144 valence electrons. The van der Waals surface area contributed by atoms with Crippen molar-refractivity contribution in [2.75, 3.05) is 10.2 Å². The van der Waals surface area contributed by atoms with Gasteiger partial charge < -0.3 is 5.32 Å². The first-order valence-electron chi connectivity index (χ1n) is 8.78. The minimum absolute atomic E-state index is 0.0392. The van der Waals surface area contributed by atoms with Crippen LogP contribution < -0.4 is 10.2 Å². The number of anilines is 2. The summed E-state index contributed by atoms with van der Waals surface area (Å²) in [5.41, 5.74) is 0.945. The fourth-order valence-corrected chi connectivity index (χ4v) is 4.51. The minimum Gasteiger partial charge on any atom is -0.325 e. The summed E-state index contributed by atoms with van der Waals surface area (Å²) in [7, 11) is 0. The summed E-state index contributed by atoms with van der Waals surface area (Å²) in [4.78, 5) is 26.2. The fraction of sp³-hybridized carbons (Fsp3) is 0.444. The molecule has 6 nitrogen and oxygen atoms in total. The molecule has 2 amide bonds. The van der Waals surface area contributed by atoms with Crippen molar-refractivity contribution in [3.63, 3.8) is 0 Å². The van der Waals surface area contributed by atoms with E-state index in [1.165, 1.54) is 29.2 Å². The summed E-state index contributed by atoms with van der Waals surface area (Å²) in [5.74, 6) is -0.566. The van der Waals surface area contributed by atoms with Gasteiger partial charge in [0, 0.05) is 18.2 Å². The quantitative estimate of drug-likeness (QED) is 0.553. The molecular formula is C18H21FN4O2S2. The van der Waals surface area contributed by atoms with Gasteiger partial charge in [0.25, 0.3) is 0 Å². The molecule has 1 aliphatic rings. The zero-order valence-corrected chi connectivity index (χ0v) is 17.0. The van der Waals surface area contributed by atoms with Gasteiger partial charge in [-0.05, 0) is 44.4 Å². The Bertz CT molecular complexity index is 854. The van der Waals surface area contributed by atoms with Crippen molar-refractivity contribution >= 4 is 45.7 Å². The number of nitrogens with zero attached hydrogens (tertiary/aromatic N) is 3. The van der Waals surface area contributed by atoms with Crippen LogP contribution in [0.1, 0.15) is 38.7 Å². The predicted molar refractivity (Wildman–Crippen MR) is 106 cm³/mol. The number of aryl methyl sites for hydroxylation is 1. The van der Waals surface area contributed by atoms with E-state index in [1.54, 1.807) is 30.9 Å². The van der Waals surface area contributed by atoms with E-state index >= 15 is 0 Å². The fourth-order valence-electron chi connectivity index (χ4n) is 2.44. The van der Waals surface area contributed by atoms with Gasteiger partial charge in [0.2, 0.25) is 16.9 Å². The molecule has 3 rings (SSSR count). The Morgan fingerprint density at radius 1 is 1.41 bits per heavy atom. The van der Waals surface area contributed by atoms with Gasteiger partial charge in [-0.1, -0.05) is 36.1 Å². The van der Waals surface area contributed by atoms with Crippen LogP contribution in [0.2, 0.25) is 0 Å². The van der Waals surface area contributed by atoms with Crippen molar-refractivity contribution in [2.45, 2.75) is 55.7 Å². The third kappa shape index (κ3) is 4.84. The molecule has 1 atom stereocenters. The second kappa shape index (κ2) is 8.35. The zero-order chi connectivity index (χ0) is 19.6. The van der Waals surface area contributed by atoms with Crippen LogP contribution in [-0.2, 0) is 9.59 Å². The van der Waals surface area contributed by atoms with Gasteiger partial charge in [0.15, 0.2) is 4.34 Å². The summed E-state index contributed by atoms with van der Waals surface area (Å²) in [6.07, 6.45) is 2.39. The molecule has 1 aromatic carbocycles. The van der Waals surface area contributed by atoms with Gasteiger partial charge >= 0.3 is 0 Å². The smallest absolute Gasteiger partial charge is 0.237 e. The molecule has 0 bridgehead atoms. The predicted octanol–water partition coefficient (Wildman–Crippen LogP) is 4.01. The average molecular weight is 409 g/mol. The van der Waals surface area contributed by atoms with E-state index in [9.17, 15) is 14.0 Å². The molecule has 1 fully saturated rings. The Labute approximate surface area is 165 Å². The highest BCUT2D eigenvalue weighted by Gasteiger charge is 2.35. The van der Waals surface area contributed by atoms with Crippen molar-refractivity contribution in [1.29, 1.82) is 0 Å². The summed E-state index contributed by atoms with van der Waals surface area (Å²) in [6, 6.07) is 4.82. The maximum Gasteiger partial charge on any atom is 0.237 e. The number of aromatic nitrogens is 2. The Kier molecular flexibility index (Phi) is 6.11. The zero-order valence-electron chi connectivity index (χ0n) is 15.4. The molecule has 0 saturated heterocycles. The molecule has 1 N–H and O–H groups in total. The van der Waals surface area contributed by atoms with Gasteiger partial charge in [-0.25, -0.2) is 4.39 Å². The molecular weight excluding hydrogens is 387 g/mol. The molecule has 9 heteroatoms.